The maximum Gasteiger partial charge on any atom is 0.237 e. The van der Waals surface area contributed by atoms with Gasteiger partial charge in [0.05, 0.1) is 6.04 Å². The Bertz CT molecular complexity index is 200. The van der Waals surface area contributed by atoms with Crippen LogP contribution in [0.15, 0.2) is 0 Å². The molecule has 0 aliphatic heterocycles. The van der Waals surface area contributed by atoms with Crippen molar-refractivity contribution in [2.24, 2.45) is 11.1 Å². The maximum atomic E-state index is 11.5. The number of carbonyl (C=O) groups is 2. The highest BCUT2D eigenvalue weighted by molar-refractivity contribution is 5.86. The van der Waals surface area contributed by atoms with E-state index in [1.54, 1.807) is 0 Å². The molecule has 1 unspecified atom stereocenters. The molecule has 82 valence electrons. The van der Waals surface area contributed by atoms with Crippen molar-refractivity contribution in [1.82, 2.24) is 5.32 Å². The molecule has 14 heavy (non-hydrogen) atoms. The molecule has 4 heteroatoms. The standard InChI is InChI=1S/C10H20N2O2/c1-4-10(5-2,7-13)8(11)9(14)12-6-3/h7-8H,4-6,11H2,1-3H3,(H,12,14). The third kappa shape index (κ3) is 2.54. The quantitative estimate of drug-likeness (QED) is 0.612. The van der Waals surface area contributed by atoms with E-state index < -0.39 is 11.5 Å². The highest BCUT2D eigenvalue weighted by atomic mass is 16.2. The molecule has 0 rings (SSSR count). The van der Waals surface area contributed by atoms with Crippen molar-refractivity contribution in [3.63, 3.8) is 0 Å². The molecule has 1 amide bonds. The maximum absolute atomic E-state index is 11.5. The summed E-state index contributed by atoms with van der Waals surface area (Å²) in [5.41, 5.74) is 5.06. The van der Waals surface area contributed by atoms with Gasteiger partial charge in [0.25, 0.3) is 0 Å². The summed E-state index contributed by atoms with van der Waals surface area (Å²) in [6, 6.07) is -0.741. The van der Waals surface area contributed by atoms with Crippen molar-refractivity contribution in [3.05, 3.63) is 0 Å². The van der Waals surface area contributed by atoms with Crippen LogP contribution < -0.4 is 11.1 Å². The van der Waals surface area contributed by atoms with E-state index in [-0.39, 0.29) is 5.91 Å². The average Bonchev–Trinajstić information content (AvgIpc) is 2.21. The van der Waals surface area contributed by atoms with Crippen molar-refractivity contribution in [1.29, 1.82) is 0 Å². The van der Waals surface area contributed by atoms with Gasteiger partial charge in [-0.25, -0.2) is 0 Å². The molecule has 0 aromatic carbocycles. The largest absolute Gasteiger partial charge is 0.355 e. The van der Waals surface area contributed by atoms with Gasteiger partial charge >= 0.3 is 0 Å². The number of hydrogen-bond acceptors (Lipinski definition) is 3. The lowest BCUT2D eigenvalue weighted by atomic mass is 9.77. The monoisotopic (exact) mass is 200 g/mol. The minimum Gasteiger partial charge on any atom is -0.355 e. The molecule has 0 bridgehead atoms. The van der Waals surface area contributed by atoms with Crippen molar-refractivity contribution in [2.75, 3.05) is 6.54 Å². The van der Waals surface area contributed by atoms with Crippen LogP contribution in [0.3, 0.4) is 0 Å². The summed E-state index contributed by atoms with van der Waals surface area (Å²) < 4.78 is 0. The molecule has 1 atom stereocenters. The number of nitrogens with one attached hydrogen (secondary N) is 1. The molecular formula is C10H20N2O2. The van der Waals surface area contributed by atoms with Gasteiger partial charge in [0.2, 0.25) is 5.91 Å². The fourth-order valence-corrected chi connectivity index (χ4v) is 1.48. The van der Waals surface area contributed by atoms with E-state index in [1.165, 1.54) is 0 Å². The molecule has 0 radical (unpaired) electrons. The van der Waals surface area contributed by atoms with Crippen molar-refractivity contribution < 1.29 is 9.59 Å². The summed E-state index contributed by atoms with van der Waals surface area (Å²) in [6.45, 7) is 6.11. The first-order chi connectivity index (χ1) is 6.57. The molecule has 0 aliphatic rings. The highest BCUT2D eigenvalue weighted by Gasteiger charge is 2.37. The Morgan fingerprint density at radius 2 is 1.93 bits per heavy atom. The van der Waals surface area contributed by atoms with Gasteiger partial charge in [0.15, 0.2) is 0 Å². The topological polar surface area (TPSA) is 72.2 Å². The van der Waals surface area contributed by atoms with Crippen LogP contribution in [-0.2, 0) is 9.59 Å². The molecule has 0 fully saturated rings. The van der Waals surface area contributed by atoms with E-state index in [2.05, 4.69) is 5.32 Å². The number of nitrogens with two attached hydrogens (primary N) is 1. The second-order valence-corrected chi connectivity index (χ2v) is 3.43. The highest BCUT2D eigenvalue weighted by Crippen LogP contribution is 2.26. The smallest absolute Gasteiger partial charge is 0.237 e. The second-order valence-electron chi connectivity index (χ2n) is 3.43. The van der Waals surface area contributed by atoms with Crippen LogP contribution in [0.25, 0.3) is 0 Å². The number of rotatable bonds is 6. The van der Waals surface area contributed by atoms with Crippen molar-refractivity contribution >= 4 is 12.2 Å². The molecule has 0 aromatic heterocycles. The zero-order valence-electron chi connectivity index (χ0n) is 9.17. The first kappa shape index (κ1) is 13.1. The van der Waals surface area contributed by atoms with Crippen LogP contribution in [0.4, 0.5) is 0 Å². The third-order valence-corrected chi connectivity index (χ3v) is 2.80. The van der Waals surface area contributed by atoms with Crippen LogP contribution in [0.1, 0.15) is 33.6 Å². The zero-order valence-corrected chi connectivity index (χ0v) is 9.17. The molecule has 0 aromatic rings. The Morgan fingerprint density at radius 3 is 2.21 bits per heavy atom. The molecule has 0 spiro atoms. The van der Waals surface area contributed by atoms with Crippen LogP contribution in [0.5, 0.6) is 0 Å². The molecule has 4 nitrogen and oxygen atoms in total. The van der Waals surface area contributed by atoms with Gasteiger partial charge in [0, 0.05) is 12.0 Å². The van der Waals surface area contributed by atoms with E-state index in [9.17, 15) is 9.59 Å². The Hall–Kier alpha value is -0.900. The fourth-order valence-electron chi connectivity index (χ4n) is 1.48. The van der Waals surface area contributed by atoms with Crippen LogP contribution in [0.2, 0.25) is 0 Å². The van der Waals surface area contributed by atoms with Gasteiger partial charge in [0.1, 0.15) is 6.29 Å². The predicted molar refractivity (Wildman–Crippen MR) is 55.7 cm³/mol. The Balaban J connectivity index is 4.66. The first-order valence-corrected chi connectivity index (χ1v) is 5.07. The van der Waals surface area contributed by atoms with Crippen LogP contribution >= 0.6 is 0 Å². The number of carbonyl (C=O) groups excluding carboxylic acids is 2. The van der Waals surface area contributed by atoms with E-state index in [4.69, 9.17) is 5.73 Å². The van der Waals surface area contributed by atoms with Crippen molar-refractivity contribution in [3.8, 4) is 0 Å². The van der Waals surface area contributed by atoms with E-state index in [0.717, 1.165) is 6.29 Å². The minimum atomic E-state index is -0.741. The summed E-state index contributed by atoms with van der Waals surface area (Å²) in [6.07, 6.45) is 1.99. The Morgan fingerprint density at radius 1 is 1.43 bits per heavy atom. The van der Waals surface area contributed by atoms with Gasteiger partial charge in [-0.3, -0.25) is 4.79 Å². The van der Waals surface area contributed by atoms with Crippen molar-refractivity contribution in [2.45, 2.75) is 39.7 Å². The number of aldehydes is 1. The van der Waals surface area contributed by atoms with E-state index >= 15 is 0 Å². The zero-order chi connectivity index (χ0) is 11.2. The third-order valence-electron chi connectivity index (χ3n) is 2.80. The average molecular weight is 200 g/mol. The second kappa shape index (κ2) is 5.75. The lowest BCUT2D eigenvalue weighted by molar-refractivity contribution is -0.130. The molecule has 0 saturated heterocycles. The number of likely N-dealkylation sites (N-methyl/N-ethyl adjacent to an activating group) is 1. The van der Waals surface area contributed by atoms with Gasteiger partial charge < -0.3 is 15.8 Å². The summed E-state index contributed by atoms with van der Waals surface area (Å²) in [5.74, 6) is -0.247. The summed E-state index contributed by atoms with van der Waals surface area (Å²) in [4.78, 5) is 22.5. The van der Waals surface area contributed by atoms with Crippen LogP contribution in [0, 0.1) is 5.41 Å². The predicted octanol–water partition coefficient (Wildman–Crippen LogP) is 0.455. The lowest BCUT2D eigenvalue weighted by Gasteiger charge is -2.30. The number of hydrogen-bond donors (Lipinski definition) is 2. The lowest BCUT2D eigenvalue weighted by Crippen LogP contribution is -2.52. The summed E-state index contributed by atoms with van der Waals surface area (Å²) in [5, 5.41) is 2.63. The summed E-state index contributed by atoms with van der Waals surface area (Å²) >= 11 is 0. The van der Waals surface area contributed by atoms with E-state index in [0.29, 0.717) is 19.4 Å². The summed E-state index contributed by atoms with van der Waals surface area (Å²) in [7, 11) is 0. The Labute approximate surface area is 85.2 Å². The fraction of sp³-hybridized carbons (Fsp3) is 0.800. The Kier molecular flexibility index (Phi) is 5.38. The molecular weight excluding hydrogens is 180 g/mol. The van der Waals surface area contributed by atoms with Crippen LogP contribution in [-0.4, -0.2) is 24.8 Å². The molecule has 0 aliphatic carbocycles. The molecule has 0 heterocycles. The SMILES string of the molecule is CCNC(=O)C(N)C(C=O)(CC)CC. The normalized spacial score (nSPS) is 13.4. The number of amides is 1. The van der Waals surface area contributed by atoms with Gasteiger partial charge in [-0.1, -0.05) is 13.8 Å². The molecule has 0 saturated carbocycles. The minimum absolute atomic E-state index is 0.247. The van der Waals surface area contributed by atoms with E-state index in [1.807, 2.05) is 20.8 Å². The van der Waals surface area contributed by atoms with Gasteiger partial charge in [-0.2, -0.15) is 0 Å². The molecule has 3 N–H and O–H groups in total. The van der Waals surface area contributed by atoms with Gasteiger partial charge in [-0.05, 0) is 19.8 Å². The first-order valence-electron chi connectivity index (χ1n) is 5.07. The van der Waals surface area contributed by atoms with Gasteiger partial charge in [-0.15, -0.1) is 0 Å².